The van der Waals surface area contributed by atoms with Gasteiger partial charge in [0.05, 0.1) is 11.2 Å². The van der Waals surface area contributed by atoms with Gasteiger partial charge in [-0.05, 0) is 60.1 Å². The molecule has 0 aromatic heterocycles. The van der Waals surface area contributed by atoms with E-state index >= 15 is 0 Å². The zero-order valence-corrected chi connectivity index (χ0v) is 22.6. The number of nitrogens with zero attached hydrogens (tertiary/aromatic N) is 2. The summed E-state index contributed by atoms with van der Waals surface area (Å²) in [7, 11) is 0. The van der Waals surface area contributed by atoms with E-state index in [4.69, 9.17) is 0 Å². The van der Waals surface area contributed by atoms with Crippen molar-refractivity contribution in [1.29, 1.82) is 0 Å². The first-order valence-electron chi connectivity index (χ1n) is 13.7. The topological polar surface area (TPSA) is 89.9 Å². The van der Waals surface area contributed by atoms with E-state index in [0.29, 0.717) is 37.5 Å². The third-order valence-corrected chi connectivity index (χ3v) is 8.43. The van der Waals surface area contributed by atoms with Gasteiger partial charge in [-0.25, -0.2) is 0 Å². The Hall–Kier alpha value is -3.24. The number of carbonyl (C=O) groups is 3. The lowest BCUT2D eigenvalue weighted by Crippen LogP contribution is -2.52. The van der Waals surface area contributed by atoms with Gasteiger partial charge >= 0.3 is 6.18 Å². The second-order valence-electron chi connectivity index (χ2n) is 11.7. The number of carbonyl (C=O) groups excluding carboxylic acids is 3. The molecule has 2 saturated heterocycles. The molecule has 0 aliphatic carbocycles. The van der Waals surface area contributed by atoms with Crippen molar-refractivity contribution in [2.75, 3.05) is 13.1 Å². The number of hydrogen-bond acceptors (Lipinski definition) is 5. The molecule has 3 amide bonds. The summed E-state index contributed by atoms with van der Waals surface area (Å²) in [6, 6.07) is 9.90. The number of benzene rings is 2. The number of aliphatic hydroxyl groups is 1. The maximum atomic E-state index is 13.1. The van der Waals surface area contributed by atoms with Crippen LogP contribution in [-0.4, -0.2) is 51.8 Å². The molecule has 40 heavy (non-hydrogen) atoms. The Balaban J connectivity index is 1.33. The molecule has 214 valence electrons. The summed E-state index contributed by atoms with van der Waals surface area (Å²) >= 11 is 0. The average Bonchev–Trinajstić information content (AvgIpc) is 3.21. The minimum atomic E-state index is -4.37. The summed E-state index contributed by atoms with van der Waals surface area (Å²) in [5, 5.41) is 14.4. The number of hydrogen-bond donors (Lipinski definition) is 2. The predicted octanol–water partition coefficient (Wildman–Crippen LogP) is 4.22. The molecule has 7 nitrogen and oxygen atoms in total. The molecular weight excluding hydrogens is 523 g/mol. The van der Waals surface area contributed by atoms with Crippen LogP contribution in [0.5, 0.6) is 0 Å². The largest absolute Gasteiger partial charge is 0.416 e. The van der Waals surface area contributed by atoms with E-state index < -0.39 is 29.3 Å². The molecule has 5 rings (SSSR count). The number of fused-ring (bicyclic) bond motifs is 1. The van der Waals surface area contributed by atoms with Gasteiger partial charge < -0.3 is 10.0 Å². The van der Waals surface area contributed by atoms with Crippen LogP contribution in [0.25, 0.3) is 0 Å². The van der Waals surface area contributed by atoms with Gasteiger partial charge in [-0.1, -0.05) is 38.1 Å². The van der Waals surface area contributed by atoms with Crippen LogP contribution in [-0.2, 0) is 34.5 Å². The van der Waals surface area contributed by atoms with Gasteiger partial charge in [0.25, 0.3) is 5.91 Å². The molecule has 3 heterocycles. The highest BCUT2D eigenvalue weighted by Crippen LogP contribution is 2.42. The lowest BCUT2D eigenvalue weighted by molar-refractivity contribution is -0.138. The number of piperidine rings is 2. The molecule has 2 fully saturated rings. The van der Waals surface area contributed by atoms with Crippen molar-refractivity contribution in [3.63, 3.8) is 0 Å². The molecule has 2 aromatic carbocycles. The third kappa shape index (κ3) is 5.51. The molecule has 0 radical (unpaired) electrons. The highest BCUT2D eigenvalue weighted by molar-refractivity contribution is 6.05. The number of alkyl halides is 3. The van der Waals surface area contributed by atoms with Crippen LogP contribution in [0.3, 0.4) is 0 Å². The van der Waals surface area contributed by atoms with E-state index in [9.17, 15) is 32.7 Å². The average molecular weight is 558 g/mol. The quantitative estimate of drug-likeness (QED) is 0.520. The second kappa shape index (κ2) is 10.6. The fourth-order valence-electron chi connectivity index (χ4n) is 6.35. The summed E-state index contributed by atoms with van der Waals surface area (Å²) < 4.78 is 38.9. The van der Waals surface area contributed by atoms with Gasteiger partial charge in [-0.2, -0.15) is 13.2 Å². The second-order valence-corrected chi connectivity index (χ2v) is 11.7. The SMILES string of the molecule is CC(C)CC1CN(Cc2ccc(C(F)(F)F)cc2)CCC1(O)c1ccc2c(c1)CN(C1CCC(=O)NC1=O)C2=O. The monoisotopic (exact) mass is 557 g/mol. The van der Waals surface area contributed by atoms with E-state index in [1.807, 2.05) is 6.07 Å². The predicted molar refractivity (Wildman–Crippen MR) is 141 cm³/mol. The molecule has 3 aliphatic heterocycles. The van der Waals surface area contributed by atoms with Gasteiger partial charge in [0.15, 0.2) is 0 Å². The molecule has 0 spiro atoms. The molecule has 0 saturated carbocycles. The normalized spacial score (nSPS) is 25.9. The first-order valence-corrected chi connectivity index (χ1v) is 13.7. The fraction of sp³-hybridized carbons (Fsp3) is 0.500. The molecule has 0 bridgehead atoms. The number of imide groups is 1. The Labute approximate surface area is 231 Å². The van der Waals surface area contributed by atoms with Crippen molar-refractivity contribution in [2.24, 2.45) is 11.8 Å². The smallest absolute Gasteiger partial charge is 0.385 e. The minimum absolute atomic E-state index is 0.128. The van der Waals surface area contributed by atoms with Crippen LogP contribution < -0.4 is 5.32 Å². The summed E-state index contributed by atoms with van der Waals surface area (Å²) in [4.78, 5) is 40.8. The van der Waals surface area contributed by atoms with Gasteiger partial charge in [0.2, 0.25) is 11.8 Å². The van der Waals surface area contributed by atoms with Gasteiger partial charge in [0, 0.05) is 44.1 Å². The Morgan fingerprint density at radius 1 is 1.10 bits per heavy atom. The van der Waals surface area contributed by atoms with Crippen LogP contribution in [0, 0.1) is 11.8 Å². The van der Waals surface area contributed by atoms with Gasteiger partial charge in [-0.15, -0.1) is 0 Å². The summed E-state index contributed by atoms with van der Waals surface area (Å²) in [5.41, 5.74) is 0.943. The Bertz CT molecular complexity index is 1310. The summed E-state index contributed by atoms with van der Waals surface area (Å²) in [6.45, 7) is 6.04. The lowest BCUT2D eigenvalue weighted by atomic mass is 9.72. The summed E-state index contributed by atoms with van der Waals surface area (Å²) in [5.74, 6) is -0.878. The highest BCUT2D eigenvalue weighted by atomic mass is 19.4. The Morgan fingerprint density at radius 2 is 1.82 bits per heavy atom. The first-order chi connectivity index (χ1) is 18.8. The first kappa shape index (κ1) is 28.3. The van der Waals surface area contributed by atoms with Crippen LogP contribution in [0.2, 0.25) is 0 Å². The third-order valence-electron chi connectivity index (χ3n) is 8.43. The van der Waals surface area contributed by atoms with E-state index in [1.54, 1.807) is 12.1 Å². The Morgan fingerprint density at radius 3 is 2.48 bits per heavy atom. The van der Waals surface area contributed by atoms with Crippen LogP contribution in [0.1, 0.15) is 72.1 Å². The fourth-order valence-corrected chi connectivity index (χ4v) is 6.35. The number of nitrogens with one attached hydrogen (secondary N) is 1. The van der Waals surface area contributed by atoms with Crippen molar-refractivity contribution in [1.82, 2.24) is 15.1 Å². The number of halogens is 3. The van der Waals surface area contributed by atoms with Crippen molar-refractivity contribution in [2.45, 2.75) is 70.4 Å². The zero-order valence-electron chi connectivity index (χ0n) is 22.6. The molecule has 2 N–H and O–H groups in total. The van der Waals surface area contributed by atoms with Crippen molar-refractivity contribution in [3.8, 4) is 0 Å². The molecule has 3 atom stereocenters. The van der Waals surface area contributed by atoms with Gasteiger partial charge in [0.1, 0.15) is 6.04 Å². The molecule has 10 heteroatoms. The Kier molecular flexibility index (Phi) is 7.52. The summed E-state index contributed by atoms with van der Waals surface area (Å²) in [6.07, 6.45) is -2.72. The molecule has 2 aromatic rings. The molecule has 3 aliphatic rings. The lowest BCUT2D eigenvalue weighted by Gasteiger charge is -2.46. The standard InChI is InChI=1S/C30H34F3N3O4/c1-18(2)13-23-17-35(15-19-3-5-21(6-4-19)30(31,32)33)12-11-29(23,40)22-7-8-24-20(14-22)16-36(28(24)39)25-9-10-26(37)34-27(25)38/h3-8,14,18,23,25,40H,9-13,15-17H2,1-2H3,(H,34,37,38). The maximum Gasteiger partial charge on any atom is 0.416 e. The van der Waals surface area contributed by atoms with E-state index in [0.717, 1.165) is 35.2 Å². The van der Waals surface area contributed by atoms with Crippen molar-refractivity contribution < 1.29 is 32.7 Å². The van der Waals surface area contributed by atoms with E-state index in [1.165, 1.54) is 17.0 Å². The van der Waals surface area contributed by atoms with E-state index in [-0.39, 0.29) is 37.1 Å². The molecule has 3 unspecified atom stereocenters. The van der Waals surface area contributed by atoms with Gasteiger partial charge in [-0.3, -0.25) is 24.6 Å². The van der Waals surface area contributed by atoms with E-state index in [2.05, 4.69) is 24.1 Å². The zero-order chi connectivity index (χ0) is 28.8. The number of likely N-dealkylation sites (tertiary alicyclic amines) is 1. The van der Waals surface area contributed by atoms with Crippen LogP contribution in [0.4, 0.5) is 13.2 Å². The molecular formula is C30H34F3N3O4. The van der Waals surface area contributed by atoms with Crippen LogP contribution >= 0.6 is 0 Å². The highest BCUT2D eigenvalue weighted by Gasteiger charge is 2.45. The maximum absolute atomic E-state index is 13.1. The number of rotatable bonds is 6. The van der Waals surface area contributed by atoms with Crippen molar-refractivity contribution >= 4 is 17.7 Å². The number of amides is 3. The minimum Gasteiger partial charge on any atom is -0.385 e. The van der Waals surface area contributed by atoms with Crippen molar-refractivity contribution in [3.05, 3.63) is 70.3 Å². The van der Waals surface area contributed by atoms with Crippen LogP contribution in [0.15, 0.2) is 42.5 Å².